The highest BCUT2D eigenvalue weighted by molar-refractivity contribution is 7.91. The number of aryl methyl sites for hydroxylation is 1. The molecule has 0 saturated carbocycles. The van der Waals surface area contributed by atoms with Crippen LogP contribution in [0.15, 0.2) is 12.1 Å². The second-order valence-corrected chi connectivity index (χ2v) is 7.53. The zero-order valence-corrected chi connectivity index (χ0v) is 13.2. The van der Waals surface area contributed by atoms with E-state index in [0.717, 1.165) is 24.4 Å². The van der Waals surface area contributed by atoms with Gasteiger partial charge >= 0.3 is 0 Å². The lowest BCUT2D eigenvalue weighted by atomic mass is 10.2. The predicted molar refractivity (Wildman–Crippen MR) is 80.0 cm³/mol. The summed E-state index contributed by atoms with van der Waals surface area (Å²) in [6.45, 7) is 5.39. The minimum Gasteiger partial charge on any atom is -0.485 e. The lowest BCUT2D eigenvalue weighted by Crippen LogP contribution is -2.30. The van der Waals surface area contributed by atoms with Gasteiger partial charge in [-0.1, -0.05) is 6.92 Å². The van der Waals surface area contributed by atoms with Crippen LogP contribution in [0, 0.1) is 6.92 Å². The molecule has 7 heteroatoms. The monoisotopic (exact) mass is 314 g/mol. The van der Waals surface area contributed by atoms with Crippen molar-refractivity contribution in [3.05, 3.63) is 23.5 Å². The van der Waals surface area contributed by atoms with Crippen LogP contribution >= 0.6 is 0 Å². The Hall–Kier alpha value is -1.18. The van der Waals surface area contributed by atoms with E-state index in [1.165, 1.54) is 0 Å². The van der Waals surface area contributed by atoms with Crippen molar-refractivity contribution in [2.45, 2.75) is 39.0 Å². The quantitative estimate of drug-likeness (QED) is 0.740. The van der Waals surface area contributed by atoms with Crippen LogP contribution in [-0.2, 0) is 16.4 Å². The van der Waals surface area contributed by atoms with Crippen molar-refractivity contribution in [1.82, 2.24) is 10.3 Å². The molecule has 2 rings (SSSR count). The molecule has 1 aromatic rings. The number of pyridine rings is 1. The normalized spacial score (nSPS) is 24.1. The summed E-state index contributed by atoms with van der Waals surface area (Å²) in [5.41, 5.74) is 1.61. The zero-order chi connectivity index (χ0) is 15.5. The highest BCUT2D eigenvalue weighted by Crippen LogP contribution is 2.23. The number of hydrogen-bond donors (Lipinski definition) is 2. The third kappa shape index (κ3) is 4.39. The van der Waals surface area contributed by atoms with E-state index >= 15 is 0 Å². The molecule has 1 aliphatic heterocycles. The molecule has 118 valence electrons. The Kier molecular flexibility index (Phi) is 5.18. The van der Waals surface area contributed by atoms with Crippen LogP contribution in [0.25, 0.3) is 0 Å². The van der Waals surface area contributed by atoms with Crippen LogP contribution < -0.4 is 10.1 Å². The van der Waals surface area contributed by atoms with Gasteiger partial charge in [0.05, 0.1) is 17.2 Å². The van der Waals surface area contributed by atoms with Crippen molar-refractivity contribution < 1.29 is 18.3 Å². The average Bonchev–Trinajstić information content (AvgIpc) is 2.65. The number of aliphatic hydroxyl groups is 1. The molecule has 2 N–H and O–H groups in total. The minimum absolute atomic E-state index is 0.149. The number of sulfone groups is 1. The molecule has 2 heterocycles. The van der Waals surface area contributed by atoms with E-state index in [9.17, 15) is 13.5 Å². The standard InChI is InChI=1S/C14H22N2O4S/c1-3-6-15-7-11-13(5-4-10(2)16-11)20-14-9-21(18,19)8-12(14)17/h4-5,12,14-15,17H,3,6-9H2,1-2H3. The van der Waals surface area contributed by atoms with Crippen molar-refractivity contribution in [3.63, 3.8) is 0 Å². The van der Waals surface area contributed by atoms with E-state index in [1.807, 2.05) is 13.0 Å². The second-order valence-electron chi connectivity index (χ2n) is 5.37. The molecular weight excluding hydrogens is 292 g/mol. The number of aromatic nitrogens is 1. The predicted octanol–water partition coefficient (Wildman–Crippen LogP) is 0.426. The lowest BCUT2D eigenvalue weighted by Gasteiger charge is -2.18. The van der Waals surface area contributed by atoms with Crippen molar-refractivity contribution in [2.24, 2.45) is 0 Å². The molecule has 0 amide bonds. The molecule has 6 nitrogen and oxygen atoms in total. The summed E-state index contributed by atoms with van der Waals surface area (Å²) >= 11 is 0. The molecule has 2 unspecified atom stereocenters. The van der Waals surface area contributed by atoms with Crippen molar-refractivity contribution >= 4 is 9.84 Å². The van der Waals surface area contributed by atoms with Crippen LogP contribution in [0.4, 0.5) is 0 Å². The van der Waals surface area contributed by atoms with Crippen molar-refractivity contribution in [3.8, 4) is 5.75 Å². The van der Waals surface area contributed by atoms with E-state index in [1.54, 1.807) is 6.07 Å². The Bertz CT molecular complexity index is 589. The first-order valence-electron chi connectivity index (χ1n) is 7.13. The van der Waals surface area contributed by atoms with Crippen molar-refractivity contribution in [1.29, 1.82) is 0 Å². The second kappa shape index (κ2) is 6.72. The molecular formula is C14H22N2O4S. The summed E-state index contributed by atoms with van der Waals surface area (Å²) in [6.07, 6.45) is -0.682. The van der Waals surface area contributed by atoms with Gasteiger partial charge in [0.25, 0.3) is 0 Å². The van der Waals surface area contributed by atoms with E-state index in [0.29, 0.717) is 12.3 Å². The van der Waals surface area contributed by atoms with Crippen molar-refractivity contribution in [2.75, 3.05) is 18.1 Å². The van der Waals surface area contributed by atoms with E-state index < -0.39 is 22.0 Å². The van der Waals surface area contributed by atoms with Crippen LogP contribution in [0.3, 0.4) is 0 Å². The number of hydrogen-bond acceptors (Lipinski definition) is 6. The van der Waals surface area contributed by atoms with Gasteiger partial charge in [0.15, 0.2) is 9.84 Å². The fraction of sp³-hybridized carbons (Fsp3) is 0.643. The first-order valence-corrected chi connectivity index (χ1v) is 8.96. The zero-order valence-electron chi connectivity index (χ0n) is 12.4. The molecule has 21 heavy (non-hydrogen) atoms. The van der Waals surface area contributed by atoms with Crippen LogP contribution in [0.5, 0.6) is 5.75 Å². The molecule has 1 saturated heterocycles. The summed E-state index contributed by atoms with van der Waals surface area (Å²) in [5, 5.41) is 13.1. The topological polar surface area (TPSA) is 88.5 Å². The summed E-state index contributed by atoms with van der Waals surface area (Å²) in [6, 6.07) is 3.59. The molecule has 0 aromatic carbocycles. The Morgan fingerprint density at radius 1 is 1.43 bits per heavy atom. The number of rotatable bonds is 6. The number of nitrogens with one attached hydrogen (secondary N) is 1. The molecule has 0 bridgehead atoms. The van der Waals surface area contributed by atoms with Gasteiger partial charge in [-0.05, 0) is 32.0 Å². The van der Waals surface area contributed by atoms with Crippen LogP contribution in [0.1, 0.15) is 24.7 Å². The van der Waals surface area contributed by atoms with Gasteiger partial charge in [0.1, 0.15) is 18.0 Å². The van der Waals surface area contributed by atoms with Gasteiger partial charge in [0, 0.05) is 12.2 Å². The summed E-state index contributed by atoms with van der Waals surface area (Å²) in [4.78, 5) is 4.43. The molecule has 2 atom stereocenters. The fourth-order valence-corrected chi connectivity index (χ4v) is 3.95. The van der Waals surface area contributed by atoms with Gasteiger partial charge in [0.2, 0.25) is 0 Å². The summed E-state index contributed by atoms with van der Waals surface area (Å²) < 4.78 is 28.8. The van der Waals surface area contributed by atoms with E-state index in [2.05, 4.69) is 17.2 Å². The highest BCUT2D eigenvalue weighted by atomic mass is 32.2. The molecule has 0 radical (unpaired) electrons. The SMILES string of the molecule is CCCNCc1nc(C)ccc1OC1CS(=O)(=O)CC1O. The Morgan fingerprint density at radius 3 is 2.81 bits per heavy atom. The first kappa shape index (κ1) is 16.2. The van der Waals surface area contributed by atoms with Crippen LogP contribution in [-0.4, -0.2) is 48.8 Å². The molecule has 0 aliphatic carbocycles. The average molecular weight is 314 g/mol. The lowest BCUT2D eigenvalue weighted by molar-refractivity contribution is 0.0727. The largest absolute Gasteiger partial charge is 0.485 e. The fourth-order valence-electron chi connectivity index (χ4n) is 2.29. The Morgan fingerprint density at radius 2 is 2.19 bits per heavy atom. The minimum atomic E-state index is -3.22. The maximum atomic E-state index is 11.5. The molecule has 1 aliphatic rings. The van der Waals surface area contributed by atoms with Crippen LogP contribution in [0.2, 0.25) is 0 Å². The smallest absolute Gasteiger partial charge is 0.156 e. The third-order valence-corrected chi connectivity index (χ3v) is 5.03. The first-order chi connectivity index (χ1) is 9.91. The van der Waals surface area contributed by atoms with Gasteiger partial charge in [-0.2, -0.15) is 0 Å². The van der Waals surface area contributed by atoms with Gasteiger partial charge in [-0.3, -0.25) is 4.98 Å². The number of aliphatic hydroxyl groups excluding tert-OH is 1. The van der Waals surface area contributed by atoms with Gasteiger partial charge in [-0.25, -0.2) is 8.42 Å². The van der Waals surface area contributed by atoms with E-state index in [4.69, 9.17) is 4.74 Å². The maximum absolute atomic E-state index is 11.5. The number of ether oxygens (including phenoxy) is 1. The Labute approximate surface area is 125 Å². The third-order valence-electron chi connectivity index (χ3n) is 3.34. The number of nitrogens with zero attached hydrogens (tertiary/aromatic N) is 1. The molecule has 1 fully saturated rings. The molecule has 1 aromatic heterocycles. The van der Waals surface area contributed by atoms with Gasteiger partial charge in [-0.15, -0.1) is 0 Å². The summed E-state index contributed by atoms with van der Waals surface area (Å²) in [5.74, 6) is 0.148. The summed E-state index contributed by atoms with van der Waals surface area (Å²) in [7, 11) is -3.22. The Balaban J connectivity index is 2.12. The van der Waals surface area contributed by atoms with Gasteiger partial charge < -0.3 is 15.2 Å². The maximum Gasteiger partial charge on any atom is 0.156 e. The molecule has 0 spiro atoms. The van der Waals surface area contributed by atoms with E-state index in [-0.39, 0.29) is 11.5 Å². The highest BCUT2D eigenvalue weighted by Gasteiger charge is 2.38.